The first-order valence-corrected chi connectivity index (χ1v) is 10.8. The highest BCUT2D eigenvalue weighted by molar-refractivity contribution is 6.08. The van der Waals surface area contributed by atoms with E-state index < -0.39 is 11.8 Å². The second-order valence-electron chi connectivity index (χ2n) is 7.75. The molecule has 0 aliphatic heterocycles. The number of nitrogens with one attached hydrogen (secondary N) is 2. The maximum Gasteiger partial charge on any atom is 0.428 e. The van der Waals surface area contributed by atoms with Gasteiger partial charge in [-0.3, -0.25) is 14.6 Å². The third-order valence-corrected chi connectivity index (χ3v) is 5.28. The lowest BCUT2D eigenvalue weighted by Crippen LogP contribution is -2.46. The first-order chi connectivity index (χ1) is 17.0. The number of carbonyl (C=O) groups is 3. The van der Waals surface area contributed by atoms with Crippen molar-refractivity contribution >= 4 is 34.2 Å². The van der Waals surface area contributed by atoms with Crippen molar-refractivity contribution in [3.63, 3.8) is 0 Å². The minimum atomic E-state index is -0.441. The SMILES string of the molecule is CC(=O)N[N+](C(=O)c1cccnc1)c1ccc2c(C(=O)NCc3ccc(C#N)cc3)cccc2c1. The summed E-state index contributed by atoms with van der Waals surface area (Å²) in [5.74, 6) is -1.10. The van der Waals surface area contributed by atoms with Crippen molar-refractivity contribution in [1.29, 1.82) is 5.26 Å². The highest BCUT2D eigenvalue weighted by Crippen LogP contribution is 2.25. The summed E-state index contributed by atoms with van der Waals surface area (Å²) in [6.45, 7) is 1.63. The van der Waals surface area contributed by atoms with Crippen molar-refractivity contribution < 1.29 is 14.4 Å². The van der Waals surface area contributed by atoms with Gasteiger partial charge in [0.25, 0.3) is 11.8 Å². The molecule has 0 unspecified atom stereocenters. The molecular weight excluding hydrogens is 442 g/mol. The molecule has 0 bridgehead atoms. The number of hydrazine groups is 1. The number of hydrogen-bond acceptors (Lipinski definition) is 5. The third kappa shape index (κ3) is 5.38. The van der Waals surface area contributed by atoms with E-state index >= 15 is 0 Å². The molecule has 3 aromatic carbocycles. The van der Waals surface area contributed by atoms with Gasteiger partial charge in [-0.1, -0.05) is 24.3 Å². The number of carbonyl (C=O) groups excluding carboxylic acids is 3. The second-order valence-corrected chi connectivity index (χ2v) is 7.75. The standard InChI is InChI=1S/C27H21N5O3/c1-18(33)31-32(27(35)22-5-3-13-29-17-22)23-11-12-24-21(14-23)4-2-6-25(24)26(34)30-16-20-9-7-19(15-28)8-10-20/h2-14,17H,16H2,1H3,(H,30,34)(H,31,33)/q+1. The molecule has 171 valence electrons. The van der Waals surface area contributed by atoms with E-state index in [1.165, 1.54) is 13.1 Å². The summed E-state index contributed by atoms with van der Waals surface area (Å²) in [5.41, 5.74) is 5.23. The topological polar surface area (TPSA) is 118 Å². The number of aromatic nitrogens is 1. The molecule has 1 heterocycles. The van der Waals surface area contributed by atoms with Crippen LogP contribution in [0.2, 0.25) is 0 Å². The maximum atomic E-state index is 13.0. The highest BCUT2D eigenvalue weighted by Gasteiger charge is 2.33. The van der Waals surface area contributed by atoms with Crippen LogP contribution in [0.25, 0.3) is 10.8 Å². The molecule has 4 aromatic rings. The number of benzene rings is 3. The Morgan fingerprint density at radius 2 is 1.80 bits per heavy atom. The molecule has 0 spiro atoms. The Morgan fingerprint density at radius 1 is 1.00 bits per heavy atom. The predicted octanol–water partition coefficient (Wildman–Crippen LogP) is 3.70. The summed E-state index contributed by atoms with van der Waals surface area (Å²) in [4.78, 5) is 41.7. The Bertz CT molecular complexity index is 1440. The van der Waals surface area contributed by atoms with Gasteiger partial charge in [-0.05, 0) is 52.7 Å². The fourth-order valence-corrected chi connectivity index (χ4v) is 3.59. The molecule has 1 radical (unpaired) electrons. The number of amides is 3. The Hall–Kier alpha value is -4.87. The fraction of sp³-hybridized carbons (Fsp3) is 0.0741. The van der Waals surface area contributed by atoms with Crippen LogP contribution in [0.1, 0.15) is 38.8 Å². The van der Waals surface area contributed by atoms with Crippen molar-refractivity contribution in [2.24, 2.45) is 0 Å². The number of nitrogens with zero attached hydrogens (tertiary/aromatic N) is 3. The van der Waals surface area contributed by atoms with Crippen molar-refractivity contribution in [3.8, 4) is 6.07 Å². The van der Waals surface area contributed by atoms with E-state index in [1.807, 2.05) is 6.07 Å². The average molecular weight is 463 g/mol. The average Bonchev–Trinajstić information content (AvgIpc) is 2.90. The lowest BCUT2D eigenvalue weighted by Gasteiger charge is -2.11. The molecule has 0 saturated heterocycles. The van der Waals surface area contributed by atoms with Crippen LogP contribution in [0.3, 0.4) is 0 Å². The van der Waals surface area contributed by atoms with Gasteiger partial charge in [-0.15, -0.1) is 5.43 Å². The van der Waals surface area contributed by atoms with Crippen molar-refractivity contribution in [3.05, 3.63) is 107 Å². The van der Waals surface area contributed by atoms with Gasteiger partial charge in [0.2, 0.25) is 5.69 Å². The number of hydrogen-bond donors (Lipinski definition) is 2. The van der Waals surface area contributed by atoms with Gasteiger partial charge in [0, 0.05) is 43.6 Å². The van der Waals surface area contributed by atoms with Gasteiger partial charge in [0.15, 0.2) is 0 Å². The van der Waals surface area contributed by atoms with Crippen LogP contribution in [0, 0.1) is 11.3 Å². The van der Waals surface area contributed by atoms with Crippen LogP contribution in [-0.2, 0) is 11.3 Å². The Kier molecular flexibility index (Phi) is 6.91. The molecule has 0 atom stereocenters. The molecule has 3 amide bonds. The first kappa shape index (κ1) is 23.3. The molecule has 8 heteroatoms. The third-order valence-electron chi connectivity index (χ3n) is 5.28. The number of anilines is 1. The van der Waals surface area contributed by atoms with Crippen LogP contribution in [-0.4, -0.2) is 22.7 Å². The van der Waals surface area contributed by atoms with E-state index in [0.29, 0.717) is 34.3 Å². The predicted molar refractivity (Wildman–Crippen MR) is 130 cm³/mol. The van der Waals surface area contributed by atoms with Crippen molar-refractivity contribution in [1.82, 2.24) is 20.7 Å². The maximum absolute atomic E-state index is 13.0. The van der Waals surface area contributed by atoms with E-state index in [-0.39, 0.29) is 5.91 Å². The fourth-order valence-electron chi connectivity index (χ4n) is 3.59. The summed E-state index contributed by atoms with van der Waals surface area (Å²) in [6, 6.07) is 22.8. The lowest BCUT2D eigenvalue weighted by atomic mass is 10.0. The Labute approximate surface area is 201 Å². The monoisotopic (exact) mass is 463 g/mol. The van der Waals surface area contributed by atoms with E-state index in [4.69, 9.17) is 5.26 Å². The van der Waals surface area contributed by atoms with Gasteiger partial charge in [0.05, 0.1) is 16.6 Å². The number of nitriles is 1. The van der Waals surface area contributed by atoms with Crippen molar-refractivity contribution in [2.75, 3.05) is 0 Å². The molecule has 0 aliphatic rings. The van der Waals surface area contributed by atoms with Crippen molar-refractivity contribution in [2.45, 2.75) is 13.5 Å². The smallest absolute Gasteiger partial charge is 0.348 e. The largest absolute Gasteiger partial charge is 0.428 e. The van der Waals surface area contributed by atoms with Gasteiger partial charge >= 0.3 is 5.91 Å². The minimum absolute atomic E-state index is 0.252. The summed E-state index contributed by atoms with van der Waals surface area (Å²) < 4.78 is 0. The second kappa shape index (κ2) is 10.4. The van der Waals surface area contributed by atoms with Crippen LogP contribution in [0.4, 0.5) is 5.69 Å². The zero-order valence-corrected chi connectivity index (χ0v) is 18.9. The molecule has 2 N–H and O–H groups in total. The molecule has 8 nitrogen and oxygen atoms in total. The molecule has 1 aromatic heterocycles. The number of fused-ring (bicyclic) bond motifs is 1. The minimum Gasteiger partial charge on any atom is -0.348 e. The van der Waals surface area contributed by atoms with Crippen LogP contribution in [0.15, 0.2) is 85.2 Å². The first-order valence-electron chi connectivity index (χ1n) is 10.8. The van der Waals surface area contributed by atoms with Crippen LogP contribution in [0.5, 0.6) is 0 Å². The van der Waals surface area contributed by atoms with Gasteiger partial charge in [-0.25, -0.2) is 4.79 Å². The summed E-state index contributed by atoms with van der Waals surface area (Å²) >= 11 is 0. The van der Waals surface area contributed by atoms with Gasteiger partial charge < -0.3 is 5.32 Å². The number of pyridine rings is 1. The van der Waals surface area contributed by atoms with Gasteiger partial charge in [0.1, 0.15) is 5.56 Å². The van der Waals surface area contributed by atoms with E-state index in [1.54, 1.807) is 72.9 Å². The van der Waals surface area contributed by atoms with Crippen LogP contribution < -0.4 is 15.8 Å². The molecule has 4 rings (SSSR count). The van der Waals surface area contributed by atoms with Gasteiger partial charge in [-0.2, -0.15) is 5.26 Å². The van der Waals surface area contributed by atoms with E-state index in [2.05, 4.69) is 21.8 Å². The quantitative estimate of drug-likeness (QED) is 0.346. The summed E-state index contributed by atoms with van der Waals surface area (Å²) in [6.07, 6.45) is 2.98. The molecular formula is C27H21N5O3+. The zero-order chi connectivity index (χ0) is 24.8. The zero-order valence-electron chi connectivity index (χ0n) is 18.9. The van der Waals surface area contributed by atoms with E-state index in [0.717, 1.165) is 16.0 Å². The normalized spacial score (nSPS) is 10.5. The van der Waals surface area contributed by atoms with Crippen LogP contribution >= 0.6 is 0 Å². The molecule has 35 heavy (non-hydrogen) atoms. The number of rotatable bonds is 5. The molecule has 0 saturated carbocycles. The lowest BCUT2D eigenvalue weighted by molar-refractivity contribution is -0.120. The summed E-state index contributed by atoms with van der Waals surface area (Å²) in [7, 11) is 0. The Morgan fingerprint density at radius 3 is 2.49 bits per heavy atom. The highest BCUT2D eigenvalue weighted by atomic mass is 16.2. The molecule has 0 fully saturated rings. The summed E-state index contributed by atoms with van der Waals surface area (Å²) in [5, 5.41) is 14.4. The molecule has 0 aliphatic carbocycles. The Balaban J connectivity index is 1.60. The van der Waals surface area contributed by atoms with E-state index in [9.17, 15) is 14.4 Å².